The molecule has 0 saturated carbocycles. The van der Waals surface area contributed by atoms with Crippen LogP contribution >= 0.6 is 29.1 Å². The lowest BCUT2D eigenvalue weighted by atomic mass is 10.2. The molecule has 0 aliphatic heterocycles. The minimum absolute atomic E-state index is 0.689. The van der Waals surface area contributed by atoms with Crippen molar-refractivity contribution >= 4 is 29.1 Å². The van der Waals surface area contributed by atoms with Gasteiger partial charge in [-0.05, 0) is 18.5 Å². The van der Waals surface area contributed by atoms with Crippen LogP contribution in [-0.4, -0.2) is 6.16 Å². The molecular formula is C5H11Cl2P. The van der Waals surface area contributed by atoms with Crippen molar-refractivity contribution in [1.82, 2.24) is 0 Å². The van der Waals surface area contributed by atoms with Gasteiger partial charge in [0.2, 0.25) is 0 Å². The Morgan fingerprint density at radius 2 is 1.88 bits per heavy atom. The molecule has 0 atom stereocenters. The molecule has 0 nitrogen and oxygen atoms in total. The minimum atomic E-state index is -0.689. The quantitative estimate of drug-likeness (QED) is 0.569. The van der Waals surface area contributed by atoms with Crippen molar-refractivity contribution in [3.63, 3.8) is 0 Å². The largest absolute Gasteiger partial charge is 0.0854 e. The molecule has 0 aromatic rings. The molecule has 0 amide bonds. The summed E-state index contributed by atoms with van der Waals surface area (Å²) < 4.78 is 0. The van der Waals surface area contributed by atoms with Crippen LogP contribution in [0.1, 0.15) is 20.3 Å². The van der Waals surface area contributed by atoms with Crippen LogP contribution in [-0.2, 0) is 0 Å². The third-order valence-corrected chi connectivity index (χ3v) is 2.49. The Morgan fingerprint density at radius 3 is 2.00 bits per heavy atom. The molecule has 0 aliphatic carbocycles. The van der Waals surface area contributed by atoms with E-state index in [1.54, 1.807) is 0 Å². The van der Waals surface area contributed by atoms with E-state index in [1.165, 1.54) is 0 Å². The molecule has 3 heteroatoms. The lowest BCUT2D eigenvalue weighted by molar-refractivity contribution is 0.631. The molecule has 0 aliphatic rings. The van der Waals surface area contributed by atoms with Crippen LogP contribution in [0.4, 0.5) is 0 Å². The summed E-state index contributed by atoms with van der Waals surface area (Å²) in [5, 5.41) is 0. The second kappa shape index (κ2) is 4.85. The average molecular weight is 173 g/mol. The highest BCUT2D eigenvalue weighted by molar-refractivity contribution is 8.03. The van der Waals surface area contributed by atoms with Crippen molar-refractivity contribution in [2.24, 2.45) is 5.92 Å². The highest BCUT2D eigenvalue weighted by Crippen LogP contribution is 2.47. The van der Waals surface area contributed by atoms with Crippen molar-refractivity contribution in [2.45, 2.75) is 20.3 Å². The van der Waals surface area contributed by atoms with Gasteiger partial charge in [-0.1, -0.05) is 36.3 Å². The van der Waals surface area contributed by atoms with Crippen LogP contribution in [0.2, 0.25) is 0 Å². The van der Waals surface area contributed by atoms with Crippen LogP contribution in [0.5, 0.6) is 0 Å². The topological polar surface area (TPSA) is 0 Å². The first-order chi connectivity index (χ1) is 3.63. The summed E-state index contributed by atoms with van der Waals surface area (Å²) in [6, 6.07) is 0. The molecule has 0 heterocycles. The first-order valence-corrected chi connectivity index (χ1v) is 6.05. The summed E-state index contributed by atoms with van der Waals surface area (Å²) in [6.07, 6.45) is 2.13. The summed E-state index contributed by atoms with van der Waals surface area (Å²) in [4.78, 5) is 0. The molecule has 0 spiro atoms. The Kier molecular flexibility index (Phi) is 5.46. The second-order valence-electron chi connectivity index (χ2n) is 2.21. The molecule has 0 unspecified atom stereocenters. The third-order valence-electron chi connectivity index (χ3n) is 0.875. The fourth-order valence-corrected chi connectivity index (χ4v) is 1.65. The summed E-state index contributed by atoms with van der Waals surface area (Å²) in [7, 11) is 0. The maximum Gasteiger partial charge on any atom is 0.0854 e. The van der Waals surface area contributed by atoms with E-state index < -0.39 is 6.63 Å². The van der Waals surface area contributed by atoms with Crippen molar-refractivity contribution in [2.75, 3.05) is 6.16 Å². The zero-order valence-corrected chi connectivity index (χ0v) is 7.60. The molecule has 50 valence electrons. The highest BCUT2D eigenvalue weighted by Gasteiger charge is 1.99. The van der Waals surface area contributed by atoms with Gasteiger partial charge >= 0.3 is 0 Å². The van der Waals surface area contributed by atoms with Gasteiger partial charge in [-0.3, -0.25) is 0 Å². The van der Waals surface area contributed by atoms with Crippen LogP contribution in [0.15, 0.2) is 0 Å². The molecular weight excluding hydrogens is 162 g/mol. The van der Waals surface area contributed by atoms with E-state index in [4.69, 9.17) is 22.5 Å². The van der Waals surface area contributed by atoms with Gasteiger partial charge in [0.05, 0.1) is 6.63 Å². The predicted molar refractivity (Wildman–Crippen MR) is 42.9 cm³/mol. The molecule has 0 saturated heterocycles. The van der Waals surface area contributed by atoms with Crippen LogP contribution in [0.25, 0.3) is 0 Å². The predicted octanol–water partition coefficient (Wildman–Crippen LogP) is 3.82. The Balaban J connectivity index is 2.93. The number of rotatable bonds is 3. The van der Waals surface area contributed by atoms with Crippen molar-refractivity contribution in [1.29, 1.82) is 0 Å². The maximum absolute atomic E-state index is 5.55. The van der Waals surface area contributed by atoms with Gasteiger partial charge in [-0.2, -0.15) is 0 Å². The standard InChI is InChI=1S/C5H11Cl2P/c1-5(2)3-4-8(6)7/h5H,3-4H2,1-2H3. The van der Waals surface area contributed by atoms with Gasteiger partial charge in [0, 0.05) is 0 Å². The number of hydrogen-bond acceptors (Lipinski definition) is 0. The second-order valence-corrected chi connectivity index (χ2v) is 6.23. The SMILES string of the molecule is CC(C)CCP(Cl)Cl. The van der Waals surface area contributed by atoms with E-state index in [9.17, 15) is 0 Å². The fraction of sp³-hybridized carbons (Fsp3) is 1.00. The van der Waals surface area contributed by atoms with Crippen LogP contribution in [0, 0.1) is 5.92 Å². The highest BCUT2D eigenvalue weighted by atomic mass is 35.9. The van der Waals surface area contributed by atoms with E-state index in [-0.39, 0.29) is 0 Å². The molecule has 0 fully saturated rings. The van der Waals surface area contributed by atoms with E-state index in [1.807, 2.05) is 0 Å². The van der Waals surface area contributed by atoms with Gasteiger partial charge < -0.3 is 0 Å². The van der Waals surface area contributed by atoms with Crippen LogP contribution < -0.4 is 0 Å². The third kappa shape index (κ3) is 7.01. The van der Waals surface area contributed by atoms with Gasteiger partial charge in [0.25, 0.3) is 0 Å². The van der Waals surface area contributed by atoms with Crippen molar-refractivity contribution in [3.8, 4) is 0 Å². The molecule has 0 bridgehead atoms. The lowest BCUT2D eigenvalue weighted by Gasteiger charge is -2.02. The number of hydrogen-bond donors (Lipinski definition) is 0. The minimum Gasteiger partial charge on any atom is -0.0781 e. The Morgan fingerprint density at radius 1 is 1.38 bits per heavy atom. The average Bonchev–Trinajstić information content (AvgIpc) is 1.61. The molecule has 0 rings (SSSR count). The van der Waals surface area contributed by atoms with E-state index >= 15 is 0 Å². The molecule has 0 aromatic carbocycles. The van der Waals surface area contributed by atoms with Crippen LogP contribution in [0.3, 0.4) is 0 Å². The summed E-state index contributed by atoms with van der Waals surface area (Å²) in [6.45, 7) is 3.66. The molecule has 8 heavy (non-hydrogen) atoms. The van der Waals surface area contributed by atoms with E-state index in [0.29, 0.717) is 0 Å². The van der Waals surface area contributed by atoms with E-state index in [0.717, 1.165) is 18.5 Å². The zero-order valence-electron chi connectivity index (χ0n) is 5.19. The first-order valence-electron chi connectivity index (χ1n) is 2.72. The number of halogens is 2. The van der Waals surface area contributed by atoms with Gasteiger partial charge in [0.1, 0.15) is 0 Å². The van der Waals surface area contributed by atoms with E-state index in [2.05, 4.69) is 13.8 Å². The van der Waals surface area contributed by atoms with Crippen molar-refractivity contribution in [3.05, 3.63) is 0 Å². The summed E-state index contributed by atoms with van der Waals surface area (Å²) in [5.74, 6) is 0.734. The lowest BCUT2D eigenvalue weighted by Crippen LogP contribution is -1.87. The summed E-state index contributed by atoms with van der Waals surface area (Å²) >= 11 is 11.1. The monoisotopic (exact) mass is 172 g/mol. The molecule has 0 radical (unpaired) electrons. The molecule has 0 N–H and O–H groups in total. The Hall–Kier alpha value is 1.01. The molecule has 0 aromatic heterocycles. The van der Waals surface area contributed by atoms with Gasteiger partial charge in [-0.25, -0.2) is 0 Å². The van der Waals surface area contributed by atoms with Crippen molar-refractivity contribution < 1.29 is 0 Å². The summed E-state index contributed by atoms with van der Waals surface area (Å²) in [5.41, 5.74) is 0. The normalized spacial score (nSPS) is 11.2. The first kappa shape index (κ1) is 9.01. The van der Waals surface area contributed by atoms with Gasteiger partial charge in [0.15, 0.2) is 0 Å². The zero-order chi connectivity index (χ0) is 6.57. The maximum atomic E-state index is 5.55. The Labute approximate surface area is 61.9 Å². The fourth-order valence-electron chi connectivity index (χ4n) is 0.356. The Bertz CT molecular complexity index is 46.4. The van der Waals surface area contributed by atoms with Gasteiger partial charge in [-0.15, -0.1) is 0 Å². The smallest absolute Gasteiger partial charge is 0.0781 e.